The fourth-order valence-electron chi connectivity index (χ4n) is 1.30. The summed E-state index contributed by atoms with van der Waals surface area (Å²) in [6, 6.07) is 3.40. The summed E-state index contributed by atoms with van der Waals surface area (Å²) in [6.07, 6.45) is 3.60. The number of aliphatic hydroxyl groups excluding tert-OH is 1. The van der Waals surface area contributed by atoms with E-state index in [1.54, 1.807) is 6.20 Å². The van der Waals surface area contributed by atoms with Crippen LogP contribution < -0.4 is 5.73 Å². The van der Waals surface area contributed by atoms with Crippen LogP contribution in [0, 0.1) is 0 Å². The second-order valence-electron chi connectivity index (χ2n) is 3.06. The molecule has 0 aliphatic rings. The highest BCUT2D eigenvalue weighted by molar-refractivity contribution is 9.10. The van der Waals surface area contributed by atoms with Crippen LogP contribution in [0.2, 0.25) is 0 Å². The van der Waals surface area contributed by atoms with Gasteiger partial charge in [-0.1, -0.05) is 0 Å². The quantitative estimate of drug-likeness (QED) is 0.845. The molecule has 0 aliphatic heterocycles. The Balaban J connectivity index is 2.52. The maximum Gasteiger partial charge on any atom is 0.137 e. The number of fused-ring (bicyclic) bond motifs is 1. The van der Waals surface area contributed by atoms with Gasteiger partial charge in [0.15, 0.2) is 0 Å². The molecule has 0 saturated carbocycles. The molecule has 0 saturated heterocycles. The van der Waals surface area contributed by atoms with Crippen molar-refractivity contribution in [3.05, 3.63) is 34.7 Å². The fourth-order valence-corrected chi connectivity index (χ4v) is 1.70. The summed E-state index contributed by atoms with van der Waals surface area (Å²) in [4.78, 5) is 4.17. The molecule has 0 bridgehead atoms. The maximum atomic E-state index is 8.90. The lowest BCUT2D eigenvalue weighted by Gasteiger charge is -2.08. The minimum absolute atomic E-state index is 0.0575. The molecule has 1 atom stereocenters. The smallest absolute Gasteiger partial charge is 0.137 e. The third-order valence-corrected chi connectivity index (χ3v) is 2.70. The van der Waals surface area contributed by atoms with E-state index in [4.69, 9.17) is 10.8 Å². The van der Waals surface area contributed by atoms with E-state index in [2.05, 4.69) is 20.9 Å². The summed E-state index contributed by atoms with van der Waals surface area (Å²) < 4.78 is 2.80. The average Bonchev–Trinajstić information content (AvgIpc) is 2.59. The number of hydrogen-bond acceptors (Lipinski definition) is 3. The second-order valence-corrected chi connectivity index (χ2v) is 3.87. The average molecular weight is 256 g/mol. The Morgan fingerprint density at radius 1 is 1.64 bits per heavy atom. The first kappa shape index (κ1) is 9.64. The summed E-state index contributed by atoms with van der Waals surface area (Å²) in [5.41, 5.74) is 7.40. The Morgan fingerprint density at radius 2 is 2.43 bits per heavy atom. The normalized spacial score (nSPS) is 13.4. The number of rotatable bonds is 2. The van der Waals surface area contributed by atoms with Crippen molar-refractivity contribution >= 4 is 21.6 Å². The van der Waals surface area contributed by atoms with Gasteiger partial charge in [-0.15, -0.1) is 0 Å². The molecule has 0 aliphatic carbocycles. The number of aromatic nitrogens is 2. The minimum atomic E-state index is -0.338. The Hall–Kier alpha value is -0.910. The van der Waals surface area contributed by atoms with Crippen LogP contribution in [0.3, 0.4) is 0 Å². The summed E-state index contributed by atoms with van der Waals surface area (Å²) in [5, 5.41) is 8.90. The molecule has 3 N–H and O–H groups in total. The highest BCUT2D eigenvalue weighted by Gasteiger charge is 2.06. The molecule has 2 aromatic heterocycles. The molecule has 1 unspecified atom stereocenters. The third-order valence-electron chi connectivity index (χ3n) is 2.12. The van der Waals surface area contributed by atoms with E-state index in [-0.39, 0.29) is 12.6 Å². The van der Waals surface area contributed by atoms with Crippen molar-refractivity contribution in [2.45, 2.75) is 6.04 Å². The summed E-state index contributed by atoms with van der Waals surface area (Å²) >= 11 is 3.37. The van der Waals surface area contributed by atoms with Crippen LogP contribution in [0.5, 0.6) is 0 Å². The minimum Gasteiger partial charge on any atom is -0.394 e. The first-order valence-electron chi connectivity index (χ1n) is 4.21. The molecule has 0 radical (unpaired) electrons. The zero-order valence-electron chi connectivity index (χ0n) is 7.39. The van der Waals surface area contributed by atoms with Crippen LogP contribution in [0.1, 0.15) is 11.6 Å². The number of hydrogen-bond donors (Lipinski definition) is 2. The molecule has 4 nitrogen and oxygen atoms in total. The predicted octanol–water partition coefficient (Wildman–Crippen LogP) is 1.09. The van der Waals surface area contributed by atoms with Crippen LogP contribution >= 0.6 is 15.9 Å². The van der Waals surface area contributed by atoms with Crippen molar-refractivity contribution in [3.8, 4) is 0 Å². The second kappa shape index (κ2) is 3.68. The first-order chi connectivity index (χ1) is 6.72. The monoisotopic (exact) mass is 255 g/mol. The molecule has 74 valence electrons. The summed E-state index contributed by atoms with van der Waals surface area (Å²) in [6.45, 7) is -0.0575. The van der Waals surface area contributed by atoms with E-state index in [0.29, 0.717) is 0 Å². The van der Waals surface area contributed by atoms with E-state index in [9.17, 15) is 0 Å². The highest BCUT2D eigenvalue weighted by atomic mass is 79.9. The number of aliphatic hydroxyl groups is 1. The van der Waals surface area contributed by atoms with E-state index < -0.39 is 0 Å². The molecule has 2 heterocycles. The van der Waals surface area contributed by atoms with Gasteiger partial charge in [0.1, 0.15) is 10.3 Å². The van der Waals surface area contributed by atoms with Gasteiger partial charge in [0.2, 0.25) is 0 Å². The van der Waals surface area contributed by atoms with Crippen LogP contribution in [0.4, 0.5) is 0 Å². The van der Waals surface area contributed by atoms with Gasteiger partial charge < -0.3 is 10.8 Å². The van der Waals surface area contributed by atoms with Gasteiger partial charge in [-0.3, -0.25) is 4.40 Å². The van der Waals surface area contributed by atoms with Crippen LogP contribution in [-0.4, -0.2) is 21.1 Å². The van der Waals surface area contributed by atoms with Crippen molar-refractivity contribution in [2.24, 2.45) is 5.73 Å². The molecule has 2 aromatic rings. The predicted molar refractivity (Wildman–Crippen MR) is 56.9 cm³/mol. The number of halogens is 1. The van der Waals surface area contributed by atoms with Gasteiger partial charge in [0.25, 0.3) is 0 Å². The fraction of sp³-hybridized carbons (Fsp3) is 0.222. The number of imidazole rings is 1. The molecular weight excluding hydrogens is 246 g/mol. The van der Waals surface area contributed by atoms with Crippen LogP contribution in [-0.2, 0) is 0 Å². The van der Waals surface area contributed by atoms with Crippen molar-refractivity contribution in [1.29, 1.82) is 0 Å². The number of nitrogens with zero attached hydrogens (tertiary/aromatic N) is 2. The lowest BCUT2D eigenvalue weighted by Crippen LogP contribution is -2.14. The van der Waals surface area contributed by atoms with Gasteiger partial charge >= 0.3 is 0 Å². The Bertz CT molecular complexity index is 454. The Kier molecular flexibility index (Phi) is 2.54. The van der Waals surface area contributed by atoms with E-state index in [0.717, 1.165) is 15.8 Å². The first-order valence-corrected chi connectivity index (χ1v) is 5.00. The topological polar surface area (TPSA) is 63.5 Å². The molecule has 0 fully saturated rings. The molecule has 0 spiro atoms. The zero-order valence-corrected chi connectivity index (χ0v) is 8.98. The summed E-state index contributed by atoms with van der Waals surface area (Å²) in [7, 11) is 0. The highest BCUT2D eigenvalue weighted by Crippen LogP contribution is 2.16. The van der Waals surface area contributed by atoms with E-state index >= 15 is 0 Å². The van der Waals surface area contributed by atoms with Gasteiger partial charge in [-0.2, -0.15) is 0 Å². The van der Waals surface area contributed by atoms with E-state index in [1.165, 1.54) is 0 Å². The maximum absolute atomic E-state index is 8.90. The van der Waals surface area contributed by atoms with Crippen LogP contribution in [0.15, 0.2) is 29.1 Å². The lowest BCUT2D eigenvalue weighted by molar-refractivity contribution is 0.268. The molecule has 2 rings (SSSR count). The molecule has 14 heavy (non-hydrogen) atoms. The lowest BCUT2D eigenvalue weighted by atomic mass is 10.1. The van der Waals surface area contributed by atoms with Crippen molar-refractivity contribution in [1.82, 2.24) is 9.38 Å². The van der Waals surface area contributed by atoms with Gasteiger partial charge in [0, 0.05) is 6.20 Å². The van der Waals surface area contributed by atoms with Gasteiger partial charge in [-0.25, -0.2) is 4.98 Å². The third kappa shape index (κ3) is 1.54. The Labute approximate surface area is 89.5 Å². The van der Waals surface area contributed by atoms with Crippen molar-refractivity contribution < 1.29 is 5.11 Å². The van der Waals surface area contributed by atoms with Crippen molar-refractivity contribution in [2.75, 3.05) is 6.61 Å². The molecule has 5 heteroatoms. The zero-order chi connectivity index (χ0) is 10.1. The summed E-state index contributed by atoms with van der Waals surface area (Å²) in [5.74, 6) is 0. The SMILES string of the molecule is NC(CO)c1ccn2c(Br)cnc2c1. The van der Waals surface area contributed by atoms with E-state index in [1.807, 2.05) is 22.7 Å². The molecule has 0 amide bonds. The number of pyridine rings is 1. The van der Waals surface area contributed by atoms with Gasteiger partial charge in [0.05, 0.1) is 18.8 Å². The van der Waals surface area contributed by atoms with Crippen LogP contribution in [0.25, 0.3) is 5.65 Å². The molecular formula is C9H10BrN3O. The molecule has 0 aromatic carbocycles. The largest absolute Gasteiger partial charge is 0.394 e. The number of nitrogens with two attached hydrogens (primary N) is 1. The van der Waals surface area contributed by atoms with Crippen molar-refractivity contribution in [3.63, 3.8) is 0 Å². The Morgan fingerprint density at radius 3 is 3.14 bits per heavy atom. The van der Waals surface area contributed by atoms with Gasteiger partial charge in [-0.05, 0) is 33.6 Å². The standard InChI is InChI=1S/C9H10BrN3O/c10-8-4-12-9-3-6(7(11)5-14)1-2-13(8)9/h1-4,7,14H,5,11H2.